The Morgan fingerprint density at radius 2 is 1.21 bits per heavy atom. The number of hydrogen-bond donors (Lipinski definition) is 10. The molecule has 0 aromatic rings. The van der Waals surface area contributed by atoms with Crippen LogP contribution in [0.15, 0.2) is 12.2 Å². The summed E-state index contributed by atoms with van der Waals surface area (Å²) in [6, 6.07) is 0. The van der Waals surface area contributed by atoms with Gasteiger partial charge in [0.25, 0.3) is 0 Å². The first-order chi connectivity index (χ1) is 26.4. The lowest BCUT2D eigenvalue weighted by Gasteiger charge is -2.65. The molecule has 21 atom stereocenters. The van der Waals surface area contributed by atoms with E-state index in [1.165, 1.54) is 0 Å². The second-order valence-electron chi connectivity index (χ2n) is 18.0. The number of aliphatic hydroxyl groups is 10. The van der Waals surface area contributed by atoms with Crippen LogP contribution in [0, 0.1) is 28.1 Å². The van der Waals surface area contributed by atoms with Crippen molar-refractivity contribution in [3.8, 4) is 0 Å². The zero-order chi connectivity index (χ0) is 40.7. The molecule has 0 radical (unpaired) electrons. The van der Waals surface area contributed by atoms with Crippen LogP contribution in [0.25, 0.3) is 0 Å². The molecule has 2 bridgehead atoms. The van der Waals surface area contributed by atoms with Crippen LogP contribution in [0.3, 0.4) is 0 Å². The minimum absolute atomic E-state index is 0.0724. The van der Waals surface area contributed by atoms with E-state index >= 15 is 0 Å². The largest absolute Gasteiger partial charge is 0.550 e. The molecule has 4 saturated carbocycles. The monoisotopic (exact) mass is 803 g/mol. The summed E-state index contributed by atoms with van der Waals surface area (Å²) < 4.78 is 36.6. The summed E-state index contributed by atoms with van der Waals surface area (Å²) in [6.07, 6.45) is -19.6. The normalized spacial score (nSPS) is 54.6. The van der Waals surface area contributed by atoms with E-state index in [2.05, 4.69) is 13.5 Å². The van der Waals surface area contributed by atoms with E-state index in [-0.39, 0.29) is 22.7 Å². The van der Waals surface area contributed by atoms with E-state index in [9.17, 15) is 61.0 Å². The highest BCUT2D eigenvalue weighted by molar-refractivity contribution is 5.72. The number of carbonyl (C=O) groups is 1. The van der Waals surface area contributed by atoms with E-state index in [1.807, 2.05) is 6.92 Å². The summed E-state index contributed by atoms with van der Waals surface area (Å²) in [7, 11) is 0. The molecule has 7 rings (SSSR count). The lowest BCUT2D eigenvalue weighted by atomic mass is 9.41. The van der Waals surface area contributed by atoms with Gasteiger partial charge in [-0.25, -0.2) is 0 Å². The lowest BCUT2D eigenvalue weighted by molar-refractivity contribution is -0.400. The fourth-order valence-electron chi connectivity index (χ4n) is 12.1. The molecule has 7 aliphatic rings. The van der Waals surface area contributed by atoms with Gasteiger partial charge in [-0.05, 0) is 79.6 Å². The van der Waals surface area contributed by atoms with Gasteiger partial charge in [0.2, 0.25) is 0 Å². The summed E-state index contributed by atoms with van der Waals surface area (Å²) >= 11 is 0. The molecule has 10 N–H and O–H groups in total. The predicted octanol–water partition coefficient (Wildman–Crippen LogP) is -3.71. The van der Waals surface area contributed by atoms with Crippen LogP contribution in [0.1, 0.15) is 71.6 Å². The Morgan fingerprint density at radius 3 is 1.77 bits per heavy atom. The maximum atomic E-state index is 12.5. The number of fused-ring (bicyclic) bond motifs is 3. The van der Waals surface area contributed by atoms with E-state index in [1.54, 1.807) is 0 Å². The van der Waals surface area contributed by atoms with Crippen LogP contribution in [-0.4, -0.2) is 175 Å². The fourth-order valence-corrected chi connectivity index (χ4v) is 12.1. The first kappa shape index (κ1) is 42.7. The van der Waals surface area contributed by atoms with Crippen molar-refractivity contribution >= 4 is 5.97 Å². The molecule has 3 saturated heterocycles. The van der Waals surface area contributed by atoms with E-state index in [4.69, 9.17) is 28.4 Å². The zero-order valence-electron chi connectivity index (χ0n) is 31.7. The van der Waals surface area contributed by atoms with Gasteiger partial charge in [-0.15, -0.1) is 0 Å². The summed E-state index contributed by atoms with van der Waals surface area (Å²) in [5, 5.41) is 118. The number of ether oxygens (including phenoxy) is 6. The van der Waals surface area contributed by atoms with Gasteiger partial charge in [0, 0.05) is 11.4 Å². The minimum atomic E-state index is -1.92. The third-order valence-electron chi connectivity index (χ3n) is 15.0. The number of rotatable bonds is 10. The standard InChI is InChI=1S/C38H60O18/c1-16-11-37-9-5-20-35(2,7-4-8-36(20,3)34(49)50)21(37)6-10-38(16,15-37)56-33-30(55-32-28(48)26(46)23(43)18(13-40)52-32)29(24(44)19(14-41)53-33)54-31-27(47)25(45)22(42)17(12-39)51-31/h17-33,39-48H,1,4-15H2,2-3H3,(H,49,50)/p-1/t17-,18-,19-,20+,21+,22-,23-,24-,25+,26+,27-,28-,29+,30-,31+,32+,33+,35-,36-,37-,38+/m1/s1. The molecule has 1 spiro atoms. The molecule has 18 heteroatoms. The SMILES string of the molecule is C=C1C[C@@]23CC[C@H]4[C@@](C)(CCC[C@@]4(C)C(=O)[O-])[C@@H]2CC[C@]1(O[C@@H]1O[C@H](CO)[C@@H](O)[C@H](O[C@@H]2O[C@H](CO)[C@@H](O)[C@H](O)[C@H]2O)[C@H]1O[C@@H]1O[C@H](CO)[C@@H](O)[C@H](O)[C@H]1O)C3. The molecule has 320 valence electrons. The summed E-state index contributed by atoms with van der Waals surface area (Å²) in [6.45, 7) is 6.17. The van der Waals surface area contributed by atoms with Crippen molar-refractivity contribution in [1.82, 2.24) is 0 Å². The van der Waals surface area contributed by atoms with Crippen LogP contribution >= 0.6 is 0 Å². The fraction of sp³-hybridized carbons (Fsp3) is 0.921. The van der Waals surface area contributed by atoms with Gasteiger partial charge in [0.05, 0.1) is 25.4 Å². The van der Waals surface area contributed by atoms with Crippen LogP contribution in [0.4, 0.5) is 0 Å². The van der Waals surface area contributed by atoms with Crippen molar-refractivity contribution in [2.24, 2.45) is 28.1 Å². The molecular weight excluding hydrogens is 744 g/mol. The molecule has 0 unspecified atom stereocenters. The van der Waals surface area contributed by atoms with Crippen molar-refractivity contribution in [3.63, 3.8) is 0 Å². The Balaban J connectivity index is 1.21. The van der Waals surface area contributed by atoms with Crippen molar-refractivity contribution in [2.45, 2.75) is 169 Å². The number of aliphatic carboxylic acids is 1. The van der Waals surface area contributed by atoms with Gasteiger partial charge in [-0.1, -0.05) is 26.8 Å². The number of hydrogen-bond acceptors (Lipinski definition) is 18. The first-order valence-electron chi connectivity index (χ1n) is 19.8. The molecule has 0 aromatic carbocycles. The topological polar surface area (TPSA) is 298 Å². The summed E-state index contributed by atoms with van der Waals surface area (Å²) in [4.78, 5) is 12.5. The van der Waals surface area contributed by atoms with Gasteiger partial charge in [-0.3, -0.25) is 0 Å². The summed E-state index contributed by atoms with van der Waals surface area (Å²) in [5.41, 5.74) is -1.82. The number of carboxylic acids is 1. The Kier molecular flexibility index (Phi) is 11.9. The maximum absolute atomic E-state index is 12.5. The van der Waals surface area contributed by atoms with E-state index in [0.717, 1.165) is 24.8 Å². The van der Waals surface area contributed by atoms with Gasteiger partial charge >= 0.3 is 0 Å². The Bertz CT molecular complexity index is 1450. The molecule has 0 aromatic heterocycles. The third kappa shape index (κ3) is 6.69. The van der Waals surface area contributed by atoms with Crippen LogP contribution in [-0.2, 0) is 33.2 Å². The maximum Gasteiger partial charge on any atom is 0.188 e. The summed E-state index contributed by atoms with van der Waals surface area (Å²) in [5.74, 6) is -0.946. The average Bonchev–Trinajstić information content (AvgIpc) is 3.36. The van der Waals surface area contributed by atoms with Gasteiger partial charge in [-0.2, -0.15) is 0 Å². The molecule has 18 nitrogen and oxygen atoms in total. The lowest BCUT2D eigenvalue weighted by Crippen LogP contribution is -2.68. The predicted molar refractivity (Wildman–Crippen MR) is 184 cm³/mol. The smallest absolute Gasteiger partial charge is 0.188 e. The zero-order valence-corrected chi connectivity index (χ0v) is 31.7. The third-order valence-corrected chi connectivity index (χ3v) is 15.0. The molecule has 0 amide bonds. The van der Waals surface area contributed by atoms with E-state index < -0.39 is 129 Å². The highest BCUT2D eigenvalue weighted by Crippen LogP contribution is 2.73. The number of aliphatic hydroxyl groups excluding tert-OH is 10. The number of carbonyl (C=O) groups excluding carboxylic acids is 1. The molecule has 4 aliphatic carbocycles. The molecule has 3 aliphatic heterocycles. The number of carboxylic acid groups (broad SMARTS) is 1. The second-order valence-corrected chi connectivity index (χ2v) is 18.0. The quantitative estimate of drug-likeness (QED) is 0.0751. The Labute approximate surface area is 324 Å². The van der Waals surface area contributed by atoms with Gasteiger partial charge < -0.3 is 89.4 Å². The highest BCUT2D eigenvalue weighted by Gasteiger charge is 2.68. The van der Waals surface area contributed by atoms with Crippen LogP contribution in [0.2, 0.25) is 0 Å². The van der Waals surface area contributed by atoms with Crippen molar-refractivity contribution < 1.29 is 89.4 Å². The molecule has 56 heavy (non-hydrogen) atoms. The van der Waals surface area contributed by atoms with Crippen LogP contribution < -0.4 is 5.11 Å². The van der Waals surface area contributed by atoms with Crippen molar-refractivity contribution in [2.75, 3.05) is 19.8 Å². The van der Waals surface area contributed by atoms with Gasteiger partial charge in [0.1, 0.15) is 73.2 Å². The molecular formula is C38H59O18-. The second kappa shape index (κ2) is 15.6. The Morgan fingerprint density at radius 1 is 0.696 bits per heavy atom. The first-order valence-corrected chi connectivity index (χ1v) is 19.8. The highest BCUT2D eigenvalue weighted by atomic mass is 16.8. The average molecular weight is 804 g/mol. The van der Waals surface area contributed by atoms with Crippen molar-refractivity contribution in [3.05, 3.63) is 12.2 Å². The molecule has 3 heterocycles. The minimum Gasteiger partial charge on any atom is -0.550 e. The van der Waals surface area contributed by atoms with Crippen LogP contribution in [0.5, 0.6) is 0 Å². The van der Waals surface area contributed by atoms with E-state index in [0.29, 0.717) is 38.5 Å². The van der Waals surface area contributed by atoms with Crippen molar-refractivity contribution in [1.29, 1.82) is 0 Å². The van der Waals surface area contributed by atoms with Gasteiger partial charge in [0.15, 0.2) is 18.9 Å². The molecule has 7 fully saturated rings. The Hall–Kier alpha value is -1.43.